The Morgan fingerprint density at radius 2 is 1.97 bits per heavy atom. The van der Waals surface area contributed by atoms with Crippen molar-refractivity contribution >= 4 is 35.0 Å². The van der Waals surface area contributed by atoms with Crippen LogP contribution in [0.3, 0.4) is 0 Å². The fourth-order valence-corrected chi connectivity index (χ4v) is 5.86. The number of amides is 4. The first kappa shape index (κ1) is 25.7. The lowest BCUT2D eigenvalue weighted by molar-refractivity contribution is -0.150. The lowest BCUT2D eigenvalue weighted by atomic mass is 9.83. The van der Waals surface area contributed by atoms with Crippen LogP contribution in [-0.2, 0) is 42.4 Å². The van der Waals surface area contributed by atoms with Gasteiger partial charge in [0.1, 0.15) is 10.6 Å². The average Bonchev–Trinajstić information content (AvgIpc) is 3.10. The number of nitrogens with one attached hydrogen (secondary N) is 2. The number of hydrogen-bond acceptors (Lipinski definition) is 7. The van der Waals surface area contributed by atoms with Gasteiger partial charge in [0, 0.05) is 37.0 Å². The van der Waals surface area contributed by atoms with E-state index in [2.05, 4.69) is 10.0 Å². The van der Waals surface area contributed by atoms with Gasteiger partial charge in [-0.15, -0.1) is 4.72 Å². The molecule has 0 spiro atoms. The van der Waals surface area contributed by atoms with Crippen molar-refractivity contribution in [1.82, 2.24) is 14.9 Å². The van der Waals surface area contributed by atoms with Gasteiger partial charge in [-0.1, -0.05) is 6.07 Å². The van der Waals surface area contributed by atoms with Crippen LogP contribution in [0.4, 0.5) is 9.18 Å². The summed E-state index contributed by atoms with van der Waals surface area (Å²) in [4.78, 5) is 53.0. The molecule has 0 aromatic heterocycles. The molecule has 2 N–H and O–H groups in total. The maximum atomic E-state index is 14.2. The lowest BCUT2D eigenvalue weighted by Gasteiger charge is -2.38. The number of carbonyl (C=O) groups is 4. The minimum absolute atomic E-state index is 0.338. The minimum Gasteiger partial charge on any atom is -0.598 e. The van der Waals surface area contributed by atoms with E-state index in [9.17, 15) is 28.1 Å². The van der Waals surface area contributed by atoms with E-state index in [0.29, 0.717) is 44.5 Å². The lowest BCUT2D eigenvalue weighted by Crippen LogP contribution is -2.63. The molecule has 0 saturated carbocycles. The van der Waals surface area contributed by atoms with E-state index in [1.54, 1.807) is 26.8 Å². The van der Waals surface area contributed by atoms with Crippen molar-refractivity contribution in [3.05, 3.63) is 35.1 Å². The minimum atomic E-state index is -1.71. The molecule has 1 aliphatic carbocycles. The number of fused-ring (bicyclic) bond motifs is 1. The van der Waals surface area contributed by atoms with Gasteiger partial charge in [-0.3, -0.25) is 24.6 Å². The molecule has 4 rings (SSSR count). The van der Waals surface area contributed by atoms with E-state index in [1.807, 2.05) is 0 Å². The van der Waals surface area contributed by atoms with Crippen LogP contribution >= 0.6 is 0 Å². The van der Waals surface area contributed by atoms with E-state index >= 15 is 0 Å². The molecule has 9 nitrogen and oxygen atoms in total. The summed E-state index contributed by atoms with van der Waals surface area (Å²) in [6.45, 7) is 6.03. The predicted molar refractivity (Wildman–Crippen MR) is 125 cm³/mol. The van der Waals surface area contributed by atoms with Gasteiger partial charge >= 0.3 is 6.03 Å². The van der Waals surface area contributed by atoms with Crippen molar-refractivity contribution in [2.24, 2.45) is 5.92 Å². The number of urea groups is 1. The highest BCUT2D eigenvalue weighted by Crippen LogP contribution is 2.42. The Kier molecular flexibility index (Phi) is 7.07. The van der Waals surface area contributed by atoms with E-state index in [-0.39, 0.29) is 6.42 Å². The second-order valence-electron chi connectivity index (χ2n) is 10.3. The molecule has 2 saturated heterocycles. The van der Waals surface area contributed by atoms with E-state index in [4.69, 9.17) is 4.74 Å². The Hall–Kier alpha value is -2.34. The fourth-order valence-electron chi connectivity index (χ4n) is 4.91. The molecule has 1 aromatic carbocycles. The topological polar surface area (TPSA) is 128 Å². The molecule has 2 aliphatic heterocycles. The highest BCUT2D eigenvalue weighted by atomic mass is 32.2. The molecule has 2 fully saturated rings. The highest BCUT2D eigenvalue weighted by Gasteiger charge is 2.52. The Morgan fingerprint density at radius 3 is 2.63 bits per heavy atom. The molecule has 0 radical (unpaired) electrons. The SMILES string of the molecule is CC(C)(C)[S+]([O-])N[C@@]1(CC(=O)C2C(=O)NC(=O)N(C3CCOCC3)C2=O)CCc2ccc(F)cc21. The molecular formula is C24H30FN3O6S. The molecule has 3 atom stereocenters. The van der Waals surface area contributed by atoms with Crippen LogP contribution in [0.1, 0.15) is 57.6 Å². The third-order valence-electron chi connectivity index (χ3n) is 6.80. The van der Waals surface area contributed by atoms with E-state index in [1.165, 1.54) is 12.1 Å². The van der Waals surface area contributed by atoms with Crippen molar-refractivity contribution in [1.29, 1.82) is 0 Å². The van der Waals surface area contributed by atoms with Crippen molar-refractivity contribution in [2.45, 2.75) is 69.2 Å². The zero-order chi connectivity index (χ0) is 25.5. The molecule has 0 bridgehead atoms. The van der Waals surface area contributed by atoms with Crippen LogP contribution < -0.4 is 10.0 Å². The molecule has 2 heterocycles. The number of aryl methyl sites for hydroxylation is 1. The van der Waals surface area contributed by atoms with E-state index < -0.39 is 63.1 Å². The number of ketones is 1. The number of Topliss-reactive ketones (excluding diaryl/α,β-unsaturated/α-hetero) is 1. The zero-order valence-electron chi connectivity index (χ0n) is 20.0. The third kappa shape index (κ3) is 5.00. The van der Waals surface area contributed by atoms with Crippen molar-refractivity contribution in [2.75, 3.05) is 13.2 Å². The molecule has 35 heavy (non-hydrogen) atoms. The molecule has 2 unspecified atom stereocenters. The van der Waals surface area contributed by atoms with Crippen LogP contribution in [-0.4, -0.2) is 57.1 Å². The summed E-state index contributed by atoms with van der Waals surface area (Å²) in [7, 11) is 0. The number of rotatable bonds is 6. The summed E-state index contributed by atoms with van der Waals surface area (Å²) in [6, 6.07) is 2.95. The van der Waals surface area contributed by atoms with Gasteiger partial charge in [0.2, 0.25) is 5.91 Å². The Balaban J connectivity index is 1.65. The maximum Gasteiger partial charge on any atom is 0.331 e. The predicted octanol–water partition coefficient (Wildman–Crippen LogP) is 1.85. The monoisotopic (exact) mass is 507 g/mol. The van der Waals surface area contributed by atoms with Gasteiger partial charge in [0.25, 0.3) is 5.91 Å². The number of nitrogens with zero attached hydrogens (tertiary/aromatic N) is 1. The second-order valence-corrected chi connectivity index (χ2v) is 12.3. The third-order valence-corrected chi connectivity index (χ3v) is 8.49. The Morgan fingerprint density at radius 1 is 1.29 bits per heavy atom. The summed E-state index contributed by atoms with van der Waals surface area (Å²) in [5.41, 5.74) is 0.0681. The smallest absolute Gasteiger partial charge is 0.331 e. The first-order valence-corrected chi connectivity index (χ1v) is 12.8. The van der Waals surface area contributed by atoms with Gasteiger partial charge in [0.05, 0.1) is 5.54 Å². The van der Waals surface area contributed by atoms with Gasteiger partial charge < -0.3 is 9.29 Å². The molecule has 11 heteroatoms. The number of ether oxygens (including phenoxy) is 1. The molecule has 4 amide bonds. The number of benzene rings is 1. The Bertz CT molecular complexity index is 1050. The first-order chi connectivity index (χ1) is 16.4. The van der Waals surface area contributed by atoms with Crippen LogP contribution in [0, 0.1) is 11.7 Å². The van der Waals surface area contributed by atoms with Gasteiger partial charge in [-0.25, -0.2) is 9.18 Å². The van der Waals surface area contributed by atoms with Crippen LogP contribution in [0.5, 0.6) is 0 Å². The molecular weight excluding hydrogens is 477 g/mol. The first-order valence-electron chi connectivity index (χ1n) is 11.7. The summed E-state index contributed by atoms with van der Waals surface area (Å²) in [6.07, 6.45) is 1.32. The maximum absolute atomic E-state index is 14.2. The molecule has 190 valence electrons. The number of hydrogen-bond donors (Lipinski definition) is 2. The quantitative estimate of drug-likeness (QED) is 0.444. The average molecular weight is 508 g/mol. The highest BCUT2D eigenvalue weighted by molar-refractivity contribution is 7.90. The van der Waals surface area contributed by atoms with Crippen LogP contribution in [0.25, 0.3) is 0 Å². The summed E-state index contributed by atoms with van der Waals surface area (Å²) >= 11 is -1.62. The number of halogens is 1. The van der Waals surface area contributed by atoms with Crippen molar-refractivity contribution in [3.8, 4) is 0 Å². The Labute approximate surface area is 206 Å². The largest absolute Gasteiger partial charge is 0.598 e. The van der Waals surface area contributed by atoms with E-state index in [0.717, 1.165) is 10.5 Å². The van der Waals surface area contributed by atoms with Gasteiger partial charge in [-0.05, 0) is 69.7 Å². The van der Waals surface area contributed by atoms with Crippen molar-refractivity contribution in [3.63, 3.8) is 0 Å². The van der Waals surface area contributed by atoms with Gasteiger partial charge in [0.15, 0.2) is 11.7 Å². The number of carbonyl (C=O) groups excluding carboxylic acids is 4. The second kappa shape index (κ2) is 9.61. The fraction of sp³-hybridized carbons (Fsp3) is 0.583. The molecule has 3 aliphatic rings. The normalized spacial score (nSPS) is 26.5. The van der Waals surface area contributed by atoms with Gasteiger partial charge in [-0.2, -0.15) is 0 Å². The standard InChI is InChI=1S/C24H30FN3O6S/c1-23(2,3)35(33)27-24(9-6-14-4-5-15(25)12-17(14)24)13-18(29)19-20(30)26-22(32)28(21(19)31)16-7-10-34-11-8-16/h4-5,12,16,19,27H,6-11,13H2,1-3H3,(H,26,30,32)/t19?,24-,35?/m1/s1. The molecule has 1 aromatic rings. The number of imide groups is 2. The van der Waals surface area contributed by atoms with Crippen molar-refractivity contribution < 1.29 is 32.9 Å². The van der Waals surface area contributed by atoms with Crippen LogP contribution in [0.15, 0.2) is 18.2 Å². The summed E-state index contributed by atoms with van der Waals surface area (Å²) in [5, 5.41) is 2.14. The number of barbiturate groups is 1. The zero-order valence-corrected chi connectivity index (χ0v) is 20.8. The summed E-state index contributed by atoms with van der Waals surface area (Å²) in [5.74, 6) is -4.77. The summed E-state index contributed by atoms with van der Waals surface area (Å²) < 4.78 is 35.0. The van der Waals surface area contributed by atoms with Crippen LogP contribution in [0.2, 0.25) is 0 Å².